The van der Waals surface area contributed by atoms with Gasteiger partial charge in [0.15, 0.2) is 5.82 Å². The van der Waals surface area contributed by atoms with Crippen molar-refractivity contribution in [3.63, 3.8) is 0 Å². The van der Waals surface area contributed by atoms with E-state index in [1.165, 1.54) is 0 Å². The van der Waals surface area contributed by atoms with Crippen LogP contribution in [0.15, 0.2) is 28.8 Å². The first-order valence-electron chi connectivity index (χ1n) is 8.13. The van der Waals surface area contributed by atoms with E-state index in [9.17, 15) is 4.79 Å². The van der Waals surface area contributed by atoms with Gasteiger partial charge in [0.2, 0.25) is 11.8 Å². The molecule has 7 heteroatoms. The summed E-state index contributed by atoms with van der Waals surface area (Å²) in [6, 6.07) is 7.02. The third-order valence-electron chi connectivity index (χ3n) is 4.21. The molecule has 0 aliphatic carbocycles. The molecule has 2 heterocycles. The number of aryl methyl sites for hydroxylation is 1. The van der Waals surface area contributed by atoms with Crippen LogP contribution in [-0.2, 0) is 4.79 Å². The molecule has 128 valence electrons. The Morgan fingerprint density at radius 2 is 2.29 bits per heavy atom. The van der Waals surface area contributed by atoms with Gasteiger partial charge < -0.3 is 19.9 Å². The number of hydrogen-bond donors (Lipinski definition) is 2. The molecule has 1 aromatic heterocycles. The molecule has 3 rings (SSSR count). The van der Waals surface area contributed by atoms with Crippen molar-refractivity contribution in [2.45, 2.75) is 25.8 Å². The molecule has 24 heavy (non-hydrogen) atoms. The number of benzene rings is 1. The number of ether oxygens (including phenoxy) is 1. The molecule has 0 bridgehead atoms. The summed E-state index contributed by atoms with van der Waals surface area (Å²) < 4.78 is 10.5. The normalized spacial score (nSPS) is 18.8. The summed E-state index contributed by atoms with van der Waals surface area (Å²) in [6.45, 7) is 3.38. The maximum atomic E-state index is 12.7. The third kappa shape index (κ3) is 3.56. The Balaban J connectivity index is 1.89. The zero-order valence-electron chi connectivity index (χ0n) is 13.9. The van der Waals surface area contributed by atoms with Crippen LogP contribution in [0, 0.1) is 12.8 Å². The van der Waals surface area contributed by atoms with E-state index in [0.29, 0.717) is 24.0 Å². The van der Waals surface area contributed by atoms with Gasteiger partial charge in [0, 0.05) is 19.0 Å². The molecule has 1 aromatic carbocycles. The molecule has 1 saturated heterocycles. The van der Waals surface area contributed by atoms with E-state index in [4.69, 9.17) is 9.26 Å². The topological polar surface area (TPSA) is 89.3 Å². The smallest absolute Gasteiger partial charge is 0.225 e. The van der Waals surface area contributed by atoms with Crippen LogP contribution in [0.4, 0.5) is 0 Å². The lowest BCUT2D eigenvalue weighted by molar-refractivity contribution is -0.126. The molecular formula is C17H22N4O3. The number of nitrogens with zero attached hydrogens (tertiary/aromatic N) is 2. The Morgan fingerprint density at radius 3 is 2.96 bits per heavy atom. The zero-order valence-corrected chi connectivity index (χ0v) is 13.9. The highest BCUT2D eigenvalue weighted by Gasteiger charge is 2.28. The molecule has 1 amide bonds. The quantitative estimate of drug-likeness (QED) is 0.865. The number of amides is 1. The zero-order chi connectivity index (χ0) is 16.9. The fourth-order valence-electron chi connectivity index (χ4n) is 2.95. The molecule has 7 nitrogen and oxygen atoms in total. The lowest BCUT2D eigenvalue weighted by Crippen LogP contribution is -2.42. The molecule has 2 N–H and O–H groups in total. The summed E-state index contributed by atoms with van der Waals surface area (Å²) in [4.78, 5) is 17.0. The second kappa shape index (κ2) is 7.44. The monoisotopic (exact) mass is 330 g/mol. The molecule has 0 saturated carbocycles. The van der Waals surface area contributed by atoms with Crippen LogP contribution in [0.3, 0.4) is 0 Å². The molecule has 1 aliphatic heterocycles. The summed E-state index contributed by atoms with van der Waals surface area (Å²) in [7, 11) is 1.60. The Hall–Kier alpha value is -2.41. The van der Waals surface area contributed by atoms with Crippen molar-refractivity contribution in [1.29, 1.82) is 0 Å². The van der Waals surface area contributed by atoms with Gasteiger partial charge in [-0.3, -0.25) is 4.79 Å². The standard InChI is InChI=1S/C17H22N4O3/c1-11-19-16(21-24-11)15(13-7-3-4-8-14(13)23-2)20-17(22)12-6-5-9-18-10-12/h3-4,7-8,12,15,18H,5-6,9-10H2,1-2H3,(H,20,22)/t12-,15-/m1/s1. The minimum Gasteiger partial charge on any atom is -0.496 e. The van der Waals surface area contributed by atoms with E-state index in [0.717, 1.165) is 24.9 Å². The van der Waals surface area contributed by atoms with E-state index in [1.807, 2.05) is 24.3 Å². The maximum absolute atomic E-state index is 12.7. The summed E-state index contributed by atoms with van der Waals surface area (Å²) in [5.74, 6) is 1.49. The third-order valence-corrected chi connectivity index (χ3v) is 4.21. The van der Waals surface area contributed by atoms with Gasteiger partial charge in [0.1, 0.15) is 11.8 Å². The summed E-state index contributed by atoms with van der Waals surface area (Å²) in [6.07, 6.45) is 1.88. The van der Waals surface area contributed by atoms with Crippen molar-refractivity contribution in [3.05, 3.63) is 41.5 Å². The Morgan fingerprint density at radius 1 is 1.46 bits per heavy atom. The van der Waals surface area contributed by atoms with Crippen LogP contribution in [-0.4, -0.2) is 36.2 Å². The predicted octanol–water partition coefficient (Wildman–Crippen LogP) is 1.59. The Kier molecular flexibility index (Phi) is 5.10. The number of aromatic nitrogens is 2. The Labute approximate surface area is 140 Å². The minimum absolute atomic E-state index is 0.0134. The molecular weight excluding hydrogens is 308 g/mol. The van der Waals surface area contributed by atoms with Crippen molar-refractivity contribution in [1.82, 2.24) is 20.8 Å². The van der Waals surface area contributed by atoms with Crippen molar-refractivity contribution in [2.24, 2.45) is 5.92 Å². The predicted molar refractivity (Wildman–Crippen MR) is 87.6 cm³/mol. The van der Waals surface area contributed by atoms with E-state index in [-0.39, 0.29) is 11.8 Å². The summed E-state index contributed by atoms with van der Waals surface area (Å²) in [5.41, 5.74) is 0.804. The lowest BCUT2D eigenvalue weighted by Gasteiger charge is -2.25. The number of carbonyl (C=O) groups is 1. The average molecular weight is 330 g/mol. The van der Waals surface area contributed by atoms with Crippen molar-refractivity contribution in [3.8, 4) is 5.75 Å². The Bertz CT molecular complexity index is 695. The van der Waals surface area contributed by atoms with Crippen LogP contribution in [0.1, 0.15) is 36.2 Å². The van der Waals surface area contributed by atoms with Gasteiger partial charge in [-0.1, -0.05) is 23.4 Å². The lowest BCUT2D eigenvalue weighted by atomic mass is 9.97. The van der Waals surface area contributed by atoms with Crippen LogP contribution < -0.4 is 15.4 Å². The summed E-state index contributed by atoms with van der Waals surface area (Å²) >= 11 is 0. The highest BCUT2D eigenvalue weighted by molar-refractivity contribution is 5.80. The fourth-order valence-corrected chi connectivity index (χ4v) is 2.95. The van der Waals surface area contributed by atoms with Gasteiger partial charge >= 0.3 is 0 Å². The number of nitrogens with one attached hydrogen (secondary N) is 2. The fraction of sp³-hybridized carbons (Fsp3) is 0.471. The van der Waals surface area contributed by atoms with Gasteiger partial charge in [-0.15, -0.1) is 0 Å². The second-order valence-electron chi connectivity index (χ2n) is 5.90. The first kappa shape index (κ1) is 16.4. The van der Waals surface area contributed by atoms with E-state index < -0.39 is 6.04 Å². The number of carbonyl (C=O) groups excluding carboxylic acids is 1. The van der Waals surface area contributed by atoms with Crippen LogP contribution >= 0.6 is 0 Å². The van der Waals surface area contributed by atoms with Crippen LogP contribution in [0.2, 0.25) is 0 Å². The van der Waals surface area contributed by atoms with E-state index in [1.54, 1.807) is 14.0 Å². The van der Waals surface area contributed by atoms with E-state index in [2.05, 4.69) is 20.8 Å². The van der Waals surface area contributed by atoms with Gasteiger partial charge in [-0.25, -0.2) is 0 Å². The maximum Gasteiger partial charge on any atom is 0.225 e. The van der Waals surface area contributed by atoms with Crippen molar-refractivity contribution in [2.75, 3.05) is 20.2 Å². The molecule has 2 atom stereocenters. The van der Waals surface area contributed by atoms with Crippen LogP contribution in [0.5, 0.6) is 5.75 Å². The van der Waals surface area contributed by atoms with Crippen molar-refractivity contribution < 1.29 is 14.1 Å². The van der Waals surface area contributed by atoms with Gasteiger partial charge in [0.05, 0.1) is 13.0 Å². The number of piperidine rings is 1. The molecule has 0 unspecified atom stereocenters. The highest BCUT2D eigenvalue weighted by Crippen LogP contribution is 2.29. The number of methoxy groups -OCH3 is 1. The molecule has 1 fully saturated rings. The van der Waals surface area contributed by atoms with Gasteiger partial charge in [-0.05, 0) is 25.5 Å². The first-order chi connectivity index (χ1) is 11.7. The second-order valence-corrected chi connectivity index (χ2v) is 5.90. The molecule has 1 aliphatic rings. The largest absolute Gasteiger partial charge is 0.496 e. The number of para-hydroxylation sites is 1. The van der Waals surface area contributed by atoms with Gasteiger partial charge in [-0.2, -0.15) is 4.98 Å². The SMILES string of the molecule is COc1ccccc1[C@@H](NC(=O)[C@@H]1CCCNC1)c1noc(C)n1. The van der Waals surface area contributed by atoms with Crippen molar-refractivity contribution >= 4 is 5.91 Å². The molecule has 2 aromatic rings. The minimum atomic E-state index is -0.506. The highest BCUT2D eigenvalue weighted by atomic mass is 16.5. The first-order valence-corrected chi connectivity index (χ1v) is 8.13. The van der Waals surface area contributed by atoms with Crippen LogP contribution in [0.25, 0.3) is 0 Å². The van der Waals surface area contributed by atoms with E-state index >= 15 is 0 Å². The molecule has 0 spiro atoms. The number of hydrogen-bond acceptors (Lipinski definition) is 6. The van der Waals surface area contributed by atoms with Gasteiger partial charge in [0.25, 0.3) is 0 Å². The summed E-state index contributed by atoms with van der Waals surface area (Å²) in [5, 5.41) is 10.3. The molecule has 0 radical (unpaired) electrons. The average Bonchev–Trinajstić information content (AvgIpc) is 3.06. The number of rotatable bonds is 5.